The van der Waals surface area contributed by atoms with Gasteiger partial charge in [0.2, 0.25) is 5.91 Å². The monoisotopic (exact) mass is 1180 g/mol. The quantitative estimate of drug-likeness (QED) is 0.0210. The molecule has 0 radical (unpaired) electrons. The first kappa shape index (κ1) is 74.8. The molecule has 17 atom stereocenters. The SMILES string of the molecule is CCC/C=C/C(O)C(COC1OC(CO)C(OC2OC(CO)C(OC3OC(CO)C(O)C(O)C3O)C(O)C2O)C(O)C1O)NC(=O)CCCCCCCCCCCCCCCCCCCCCCCCCCCCCCCCCCCC. The molecule has 0 aromatic rings. The number of ether oxygens (including phenoxy) is 6. The molecule has 19 nitrogen and oxygen atoms in total. The summed E-state index contributed by atoms with van der Waals surface area (Å²) in [6.07, 6.45) is 23.8. The lowest BCUT2D eigenvalue weighted by Crippen LogP contribution is -2.66. The van der Waals surface area contributed by atoms with Crippen LogP contribution in [0.5, 0.6) is 0 Å². The third-order valence-electron chi connectivity index (χ3n) is 16.8. The Labute approximate surface area is 493 Å². The molecule has 3 aliphatic heterocycles. The maximum absolute atomic E-state index is 13.1. The predicted octanol–water partition coefficient (Wildman–Crippen LogP) is 7.33. The highest BCUT2D eigenvalue weighted by Crippen LogP contribution is 2.33. The van der Waals surface area contributed by atoms with Gasteiger partial charge in [0.15, 0.2) is 18.9 Å². The van der Waals surface area contributed by atoms with E-state index < -0.39 is 124 Å². The first-order valence-corrected chi connectivity index (χ1v) is 32.9. The third kappa shape index (κ3) is 29.5. The zero-order valence-corrected chi connectivity index (χ0v) is 50.7. The maximum atomic E-state index is 13.1. The Hall–Kier alpha value is -1.47. The van der Waals surface area contributed by atoms with Crippen LogP contribution in [-0.4, -0.2) is 193 Å². The molecule has 19 heteroatoms. The summed E-state index contributed by atoms with van der Waals surface area (Å²) in [6, 6.07) is -0.964. The molecule has 3 rings (SSSR count). The lowest BCUT2D eigenvalue weighted by Gasteiger charge is -2.48. The minimum absolute atomic E-state index is 0.246. The van der Waals surface area contributed by atoms with Gasteiger partial charge in [-0.05, 0) is 12.8 Å². The van der Waals surface area contributed by atoms with Gasteiger partial charge in [-0.25, -0.2) is 0 Å². The van der Waals surface area contributed by atoms with Crippen molar-refractivity contribution in [2.24, 2.45) is 0 Å². The fourth-order valence-electron chi connectivity index (χ4n) is 11.4. The van der Waals surface area contributed by atoms with E-state index in [-0.39, 0.29) is 18.9 Å². The average molecular weight is 1180 g/mol. The minimum atomic E-state index is -1.97. The molecular formula is C63H119NO18. The standard InChI is InChI=1S/C63H119NO18/c1-3-5-7-8-9-10-11-12-13-14-15-16-17-18-19-20-21-22-23-24-25-26-27-28-29-30-31-32-33-34-35-36-37-39-41-51(69)64-46(47(68)40-38-6-4-2)45-77-61-57(75)54(72)59(49(43-66)79-61)82-63-58(76)55(73)60(50(44-67)80-63)81-62-56(74)53(71)52(70)48(42-65)78-62/h38,40,46-50,52-63,65-68,70-76H,3-37,39,41-45H2,1-2H3,(H,64,69)/b40-38+. The fourth-order valence-corrected chi connectivity index (χ4v) is 11.4. The van der Waals surface area contributed by atoms with E-state index in [0.29, 0.717) is 12.8 Å². The minimum Gasteiger partial charge on any atom is -0.394 e. The van der Waals surface area contributed by atoms with Crippen LogP contribution in [0, 0.1) is 0 Å². The Morgan fingerprint density at radius 3 is 1.12 bits per heavy atom. The van der Waals surface area contributed by atoms with Crippen LogP contribution in [0.2, 0.25) is 0 Å². The summed E-state index contributed by atoms with van der Waals surface area (Å²) in [5.74, 6) is -0.283. The molecule has 3 heterocycles. The van der Waals surface area contributed by atoms with Gasteiger partial charge in [0, 0.05) is 6.42 Å². The van der Waals surface area contributed by atoms with Crippen LogP contribution in [0.3, 0.4) is 0 Å². The molecular weight excluding hydrogens is 1060 g/mol. The smallest absolute Gasteiger partial charge is 0.220 e. The molecule has 17 unspecified atom stereocenters. The van der Waals surface area contributed by atoms with Crippen molar-refractivity contribution in [1.82, 2.24) is 5.32 Å². The van der Waals surface area contributed by atoms with E-state index >= 15 is 0 Å². The van der Waals surface area contributed by atoms with Gasteiger partial charge in [-0.1, -0.05) is 244 Å². The first-order chi connectivity index (χ1) is 39.8. The molecule has 82 heavy (non-hydrogen) atoms. The van der Waals surface area contributed by atoms with E-state index in [1.165, 1.54) is 193 Å². The topological polar surface area (TPSA) is 307 Å². The number of hydrogen-bond acceptors (Lipinski definition) is 18. The average Bonchev–Trinajstić information content (AvgIpc) is 3.55. The van der Waals surface area contributed by atoms with Crippen molar-refractivity contribution >= 4 is 5.91 Å². The Kier molecular flexibility index (Phi) is 42.5. The van der Waals surface area contributed by atoms with Crippen LogP contribution in [0.4, 0.5) is 0 Å². The molecule has 0 spiro atoms. The van der Waals surface area contributed by atoms with E-state index in [9.17, 15) is 61.0 Å². The summed E-state index contributed by atoms with van der Waals surface area (Å²) in [6.45, 7) is 1.51. The number of hydrogen-bond donors (Lipinski definition) is 12. The number of allylic oxidation sites excluding steroid dienone is 1. The second-order valence-electron chi connectivity index (χ2n) is 23.9. The normalized spacial score (nSPS) is 29.6. The molecule has 0 aromatic carbocycles. The van der Waals surface area contributed by atoms with Gasteiger partial charge in [0.05, 0.1) is 38.6 Å². The van der Waals surface area contributed by atoms with Gasteiger partial charge in [-0.3, -0.25) is 4.79 Å². The first-order valence-electron chi connectivity index (χ1n) is 32.9. The lowest BCUT2D eigenvalue weighted by molar-refractivity contribution is -0.379. The zero-order chi connectivity index (χ0) is 59.7. The number of carbonyl (C=O) groups is 1. The molecule has 1 amide bonds. The third-order valence-corrected chi connectivity index (χ3v) is 16.8. The Bertz CT molecular complexity index is 1550. The number of carbonyl (C=O) groups excluding carboxylic acids is 1. The molecule has 484 valence electrons. The van der Waals surface area contributed by atoms with E-state index in [4.69, 9.17) is 28.4 Å². The van der Waals surface area contributed by atoms with Crippen molar-refractivity contribution in [3.05, 3.63) is 12.2 Å². The van der Waals surface area contributed by atoms with Gasteiger partial charge in [-0.15, -0.1) is 0 Å². The van der Waals surface area contributed by atoms with Crippen molar-refractivity contribution in [2.45, 2.75) is 356 Å². The number of unbranched alkanes of at least 4 members (excludes halogenated alkanes) is 34. The van der Waals surface area contributed by atoms with Crippen molar-refractivity contribution in [1.29, 1.82) is 0 Å². The van der Waals surface area contributed by atoms with Crippen molar-refractivity contribution < 1.29 is 89.4 Å². The summed E-state index contributed by atoms with van der Waals surface area (Å²) < 4.78 is 34.0. The van der Waals surface area contributed by atoms with E-state index in [1.54, 1.807) is 12.2 Å². The van der Waals surface area contributed by atoms with Gasteiger partial charge in [-0.2, -0.15) is 0 Å². The number of aliphatic hydroxyl groups is 11. The summed E-state index contributed by atoms with van der Waals surface area (Å²) in [5, 5.41) is 119. The molecule has 0 aliphatic carbocycles. The summed E-state index contributed by atoms with van der Waals surface area (Å²) in [4.78, 5) is 13.1. The summed E-state index contributed by atoms with van der Waals surface area (Å²) in [5.41, 5.74) is 0. The van der Waals surface area contributed by atoms with Gasteiger partial charge < -0.3 is 89.9 Å². The second kappa shape index (κ2) is 46.7. The summed E-state index contributed by atoms with van der Waals surface area (Å²) >= 11 is 0. The highest BCUT2D eigenvalue weighted by molar-refractivity contribution is 5.76. The molecule has 12 N–H and O–H groups in total. The van der Waals surface area contributed by atoms with E-state index in [0.717, 1.165) is 25.7 Å². The molecule has 0 aromatic heterocycles. The zero-order valence-electron chi connectivity index (χ0n) is 50.7. The summed E-state index contributed by atoms with van der Waals surface area (Å²) in [7, 11) is 0. The second-order valence-corrected chi connectivity index (χ2v) is 23.9. The maximum Gasteiger partial charge on any atom is 0.220 e. The Morgan fingerprint density at radius 2 is 0.756 bits per heavy atom. The van der Waals surface area contributed by atoms with Gasteiger partial charge in [0.25, 0.3) is 0 Å². The number of amides is 1. The molecule has 0 bridgehead atoms. The van der Waals surface area contributed by atoms with Crippen molar-refractivity contribution in [3.8, 4) is 0 Å². The van der Waals surface area contributed by atoms with Crippen LogP contribution in [0.1, 0.15) is 251 Å². The highest BCUT2D eigenvalue weighted by atomic mass is 16.8. The van der Waals surface area contributed by atoms with Crippen LogP contribution in [-0.2, 0) is 33.2 Å². The number of aliphatic hydroxyl groups excluding tert-OH is 11. The van der Waals surface area contributed by atoms with Crippen molar-refractivity contribution in [2.75, 3.05) is 26.4 Å². The number of nitrogens with one attached hydrogen (secondary N) is 1. The van der Waals surface area contributed by atoms with Gasteiger partial charge in [0.1, 0.15) is 73.2 Å². The molecule has 3 aliphatic rings. The predicted molar refractivity (Wildman–Crippen MR) is 314 cm³/mol. The van der Waals surface area contributed by atoms with E-state index in [1.807, 2.05) is 6.92 Å². The van der Waals surface area contributed by atoms with Crippen molar-refractivity contribution in [3.63, 3.8) is 0 Å². The van der Waals surface area contributed by atoms with Crippen LogP contribution < -0.4 is 5.32 Å². The Morgan fingerprint density at radius 1 is 0.427 bits per heavy atom. The number of rotatable bonds is 50. The van der Waals surface area contributed by atoms with Crippen LogP contribution in [0.25, 0.3) is 0 Å². The van der Waals surface area contributed by atoms with Gasteiger partial charge >= 0.3 is 0 Å². The molecule has 0 saturated carbocycles. The van der Waals surface area contributed by atoms with Crippen LogP contribution in [0.15, 0.2) is 12.2 Å². The largest absolute Gasteiger partial charge is 0.394 e. The molecule has 3 fully saturated rings. The highest BCUT2D eigenvalue weighted by Gasteiger charge is 2.53. The van der Waals surface area contributed by atoms with Crippen LogP contribution >= 0.6 is 0 Å². The fraction of sp³-hybridized carbons (Fsp3) is 0.952. The Balaban J connectivity index is 1.22. The lowest BCUT2D eigenvalue weighted by atomic mass is 9.96. The molecule has 3 saturated heterocycles. The van der Waals surface area contributed by atoms with E-state index in [2.05, 4.69) is 12.2 Å².